The summed E-state index contributed by atoms with van der Waals surface area (Å²) in [4.78, 5) is 38.1. The van der Waals surface area contributed by atoms with E-state index in [0.29, 0.717) is 19.3 Å². The van der Waals surface area contributed by atoms with Gasteiger partial charge in [0.25, 0.3) is 0 Å². The molecule has 0 aromatic rings. The van der Waals surface area contributed by atoms with Crippen LogP contribution in [0.5, 0.6) is 0 Å². The van der Waals surface area contributed by atoms with Crippen molar-refractivity contribution in [2.45, 2.75) is 277 Å². The first-order chi connectivity index (χ1) is 36.5. The summed E-state index contributed by atoms with van der Waals surface area (Å²) in [5, 5.41) is 0. The molecule has 0 fully saturated rings. The first-order valence-electron chi connectivity index (χ1n) is 30.5. The number of esters is 3. The Morgan fingerprint density at radius 2 is 0.527 bits per heavy atom. The molecule has 0 aliphatic heterocycles. The Morgan fingerprint density at radius 1 is 0.284 bits per heavy atom. The van der Waals surface area contributed by atoms with Crippen LogP contribution in [0, 0.1) is 0 Å². The Balaban J connectivity index is 4.25. The van der Waals surface area contributed by atoms with Crippen molar-refractivity contribution in [2.24, 2.45) is 0 Å². The maximum atomic E-state index is 12.9. The molecule has 0 amide bonds. The summed E-state index contributed by atoms with van der Waals surface area (Å²) in [6.45, 7) is 6.38. The van der Waals surface area contributed by atoms with Crippen molar-refractivity contribution in [2.75, 3.05) is 13.2 Å². The van der Waals surface area contributed by atoms with Crippen LogP contribution in [0.2, 0.25) is 0 Å². The molecule has 0 aliphatic carbocycles. The minimum atomic E-state index is -0.787. The molecule has 0 saturated carbocycles. The van der Waals surface area contributed by atoms with E-state index in [4.69, 9.17) is 14.2 Å². The molecule has 420 valence electrons. The van der Waals surface area contributed by atoms with E-state index in [1.54, 1.807) is 0 Å². The first-order valence-corrected chi connectivity index (χ1v) is 30.5. The average Bonchev–Trinajstić information content (AvgIpc) is 3.40. The molecule has 6 nitrogen and oxygen atoms in total. The van der Waals surface area contributed by atoms with Gasteiger partial charge in [0.05, 0.1) is 0 Å². The standard InChI is InChI=1S/C68H112O6/c1-4-7-10-13-16-19-21-23-25-27-29-31-32-33-34-35-36-38-39-41-43-45-47-49-52-55-58-61-67(70)73-64-65(63-72-66(69)60-57-54-51-18-15-12-9-6-3)74-68(71)62-59-56-53-50-48-46-44-42-40-37-30-28-26-24-22-20-17-14-11-8-5-2/h7-8,10-11,16-17,19-20,23-26,29-31,33-34,36-38,65H,4-6,9,12-15,18,21-22,27-28,32,35,39-64H2,1-3H3/b10-7-,11-8-,19-16-,20-17-,25-23-,26-24-,31-29-,34-33-,37-30-,38-36-. The SMILES string of the molecule is CC/C=C\C/C=C\C/C=C\C/C=C\C/C=C\C/C=C\CCCCCCCCCCC(=O)OCC(COC(=O)CCCCCCCCCC)OC(=O)CCCCCCCCCC/C=C\C/C=C\C/C=C\C/C=C\CC. The second-order valence-electron chi connectivity index (χ2n) is 19.9. The molecule has 1 unspecified atom stereocenters. The fraction of sp³-hybridized carbons (Fsp3) is 0.662. The molecule has 0 spiro atoms. The van der Waals surface area contributed by atoms with E-state index in [0.717, 1.165) is 135 Å². The predicted molar refractivity (Wildman–Crippen MR) is 320 cm³/mol. The molecule has 0 aliphatic rings. The quantitative estimate of drug-likeness (QED) is 0.0261. The number of unbranched alkanes of at least 4 members (excludes halogenated alkanes) is 23. The number of rotatable bonds is 54. The fourth-order valence-electron chi connectivity index (χ4n) is 8.20. The van der Waals surface area contributed by atoms with E-state index in [-0.39, 0.29) is 31.1 Å². The molecular weight excluding hydrogens is 913 g/mol. The van der Waals surface area contributed by atoms with Gasteiger partial charge in [0, 0.05) is 19.3 Å². The lowest BCUT2D eigenvalue weighted by atomic mass is 10.1. The van der Waals surface area contributed by atoms with Gasteiger partial charge >= 0.3 is 17.9 Å². The molecule has 74 heavy (non-hydrogen) atoms. The van der Waals surface area contributed by atoms with E-state index in [1.807, 2.05) is 0 Å². The van der Waals surface area contributed by atoms with Crippen molar-refractivity contribution in [1.29, 1.82) is 0 Å². The summed E-state index contributed by atoms with van der Waals surface area (Å²) in [6.07, 6.45) is 84.9. The minimum Gasteiger partial charge on any atom is -0.462 e. The van der Waals surface area contributed by atoms with Gasteiger partial charge < -0.3 is 14.2 Å². The van der Waals surface area contributed by atoms with Crippen LogP contribution in [0.25, 0.3) is 0 Å². The van der Waals surface area contributed by atoms with Crippen LogP contribution in [-0.2, 0) is 28.6 Å². The molecule has 0 aromatic carbocycles. The summed E-state index contributed by atoms with van der Waals surface area (Å²) in [5.41, 5.74) is 0. The third-order valence-electron chi connectivity index (χ3n) is 12.7. The fourth-order valence-corrected chi connectivity index (χ4v) is 8.20. The highest BCUT2D eigenvalue weighted by Crippen LogP contribution is 2.15. The van der Waals surface area contributed by atoms with E-state index in [2.05, 4.69) is 142 Å². The van der Waals surface area contributed by atoms with Crippen LogP contribution in [-0.4, -0.2) is 37.2 Å². The molecule has 6 heteroatoms. The van der Waals surface area contributed by atoms with Gasteiger partial charge in [0.1, 0.15) is 13.2 Å². The van der Waals surface area contributed by atoms with Crippen molar-refractivity contribution >= 4 is 17.9 Å². The third-order valence-corrected chi connectivity index (χ3v) is 12.7. The number of carbonyl (C=O) groups excluding carboxylic acids is 3. The Morgan fingerprint density at radius 3 is 0.824 bits per heavy atom. The Hall–Kier alpha value is -4.19. The minimum absolute atomic E-state index is 0.0848. The van der Waals surface area contributed by atoms with Crippen molar-refractivity contribution < 1.29 is 28.6 Å². The molecule has 0 N–H and O–H groups in total. The van der Waals surface area contributed by atoms with Crippen LogP contribution in [0.1, 0.15) is 271 Å². The monoisotopic (exact) mass is 1020 g/mol. The zero-order valence-corrected chi connectivity index (χ0v) is 48.1. The maximum Gasteiger partial charge on any atom is 0.306 e. The van der Waals surface area contributed by atoms with Gasteiger partial charge in [-0.2, -0.15) is 0 Å². The van der Waals surface area contributed by atoms with Crippen LogP contribution < -0.4 is 0 Å². The van der Waals surface area contributed by atoms with Gasteiger partial charge in [-0.05, 0) is 109 Å². The average molecular weight is 1030 g/mol. The molecule has 1 atom stereocenters. The normalized spacial score (nSPS) is 13.0. The molecule has 0 heterocycles. The van der Waals surface area contributed by atoms with Gasteiger partial charge in [-0.25, -0.2) is 0 Å². The summed E-state index contributed by atoms with van der Waals surface area (Å²) in [5.74, 6) is -0.904. The second-order valence-corrected chi connectivity index (χ2v) is 19.9. The Bertz CT molecular complexity index is 1550. The molecule has 0 rings (SSSR count). The lowest BCUT2D eigenvalue weighted by Gasteiger charge is -2.18. The highest BCUT2D eigenvalue weighted by atomic mass is 16.6. The molecule has 0 radical (unpaired) electrons. The smallest absolute Gasteiger partial charge is 0.306 e. The molecule has 0 bridgehead atoms. The summed E-state index contributed by atoms with van der Waals surface area (Å²) >= 11 is 0. The van der Waals surface area contributed by atoms with Crippen molar-refractivity contribution in [3.63, 3.8) is 0 Å². The number of carbonyl (C=O) groups is 3. The highest BCUT2D eigenvalue weighted by molar-refractivity contribution is 5.71. The summed E-state index contributed by atoms with van der Waals surface area (Å²) in [6, 6.07) is 0. The number of hydrogen-bond donors (Lipinski definition) is 0. The second kappa shape index (κ2) is 61.4. The van der Waals surface area contributed by atoms with E-state index in [9.17, 15) is 14.4 Å². The van der Waals surface area contributed by atoms with Gasteiger partial charge in [-0.3, -0.25) is 14.4 Å². The van der Waals surface area contributed by atoms with Crippen molar-refractivity contribution in [1.82, 2.24) is 0 Å². The van der Waals surface area contributed by atoms with Crippen LogP contribution in [0.4, 0.5) is 0 Å². The Labute approximate surface area is 456 Å². The largest absolute Gasteiger partial charge is 0.462 e. The lowest BCUT2D eigenvalue weighted by molar-refractivity contribution is -0.167. The van der Waals surface area contributed by atoms with Gasteiger partial charge in [-0.1, -0.05) is 264 Å². The van der Waals surface area contributed by atoms with E-state index < -0.39 is 6.10 Å². The number of allylic oxidation sites excluding steroid dienone is 20. The topological polar surface area (TPSA) is 78.9 Å². The van der Waals surface area contributed by atoms with Gasteiger partial charge in [-0.15, -0.1) is 0 Å². The van der Waals surface area contributed by atoms with Crippen LogP contribution in [0.3, 0.4) is 0 Å². The number of ether oxygens (including phenoxy) is 3. The summed E-state index contributed by atoms with van der Waals surface area (Å²) < 4.78 is 16.8. The van der Waals surface area contributed by atoms with E-state index >= 15 is 0 Å². The van der Waals surface area contributed by atoms with Gasteiger partial charge in [0.15, 0.2) is 6.10 Å². The van der Waals surface area contributed by atoms with E-state index in [1.165, 1.54) is 96.3 Å². The molecule has 0 aromatic heterocycles. The summed E-state index contributed by atoms with van der Waals surface area (Å²) in [7, 11) is 0. The van der Waals surface area contributed by atoms with Crippen molar-refractivity contribution in [3.05, 3.63) is 122 Å². The molecular formula is C68H112O6. The van der Waals surface area contributed by atoms with Crippen molar-refractivity contribution in [3.8, 4) is 0 Å². The van der Waals surface area contributed by atoms with Gasteiger partial charge in [0.2, 0.25) is 0 Å². The number of hydrogen-bond acceptors (Lipinski definition) is 6. The zero-order valence-electron chi connectivity index (χ0n) is 48.1. The molecule has 0 saturated heterocycles. The zero-order chi connectivity index (χ0) is 53.6. The van der Waals surface area contributed by atoms with Crippen LogP contribution in [0.15, 0.2) is 122 Å². The maximum absolute atomic E-state index is 12.9. The van der Waals surface area contributed by atoms with Crippen LogP contribution >= 0.6 is 0 Å². The lowest BCUT2D eigenvalue weighted by Crippen LogP contribution is -2.30. The highest BCUT2D eigenvalue weighted by Gasteiger charge is 2.19. The third kappa shape index (κ3) is 58.7. The Kier molecular flexibility index (Phi) is 57.9. The first kappa shape index (κ1) is 69.8. The predicted octanol–water partition coefficient (Wildman–Crippen LogP) is 20.8.